The average molecular weight is 166 g/mol. The number of nitrogens with zero attached hydrogens (tertiary/aromatic N) is 2. The van der Waals surface area contributed by atoms with E-state index in [4.69, 9.17) is 0 Å². The van der Waals surface area contributed by atoms with Crippen molar-refractivity contribution in [1.29, 1.82) is 0 Å². The van der Waals surface area contributed by atoms with Gasteiger partial charge >= 0.3 is 6.03 Å². The molecule has 1 rings (SSSR count). The lowest BCUT2D eigenvalue weighted by Crippen LogP contribution is -2.25. The van der Waals surface area contributed by atoms with Crippen LogP contribution in [0.25, 0.3) is 0 Å². The van der Waals surface area contributed by atoms with Gasteiger partial charge in [-0.1, -0.05) is 0 Å². The molecule has 0 saturated carbocycles. The van der Waals surface area contributed by atoms with Crippen molar-refractivity contribution in [3.8, 4) is 0 Å². The highest BCUT2D eigenvalue weighted by atomic mass is 16.2. The summed E-state index contributed by atoms with van der Waals surface area (Å²) in [6.07, 6.45) is 0. The second-order valence-corrected chi connectivity index (χ2v) is 2.32. The highest BCUT2D eigenvalue weighted by molar-refractivity contribution is 6.83. The van der Waals surface area contributed by atoms with E-state index in [2.05, 4.69) is 9.98 Å². The Bertz CT molecular complexity index is 307. The van der Waals surface area contributed by atoms with Gasteiger partial charge in [0.25, 0.3) is 0 Å². The van der Waals surface area contributed by atoms with Gasteiger partial charge in [0.05, 0.1) is 0 Å². The van der Waals surface area contributed by atoms with Crippen LogP contribution in [0.4, 0.5) is 4.79 Å². The smallest absolute Gasteiger partial charge is 0.293 e. The van der Waals surface area contributed by atoms with E-state index in [9.17, 15) is 14.4 Å². The molecule has 1 aliphatic heterocycles. The molecule has 62 valence electrons. The van der Waals surface area contributed by atoms with Gasteiger partial charge < -0.3 is 0 Å². The quantitative estimate of drug-likeness (QED) is 0.587. The van der Waals surface area contributed by atoms with Crippen molar-refractivity contribution < 1.29 is 14.4 Å². The second kappa shape index (κ2) is 2.77. The van der Waals surface area contributed by atoms with Crippen molar-refractivity contribution in [2.45, 2.75) is 13.8 Å². The number of carbonyl (C=O) groups excluding carboxylic acids is 3. The van der Waals surface area contributed by atoms with Gasteiger partial charge in [0.1, 0.15) is 11.4 Å². The van der Waals surface area contributed by atoms with Crippen LogP contribution < -0.4 is 0 Å². The lowest BCUT2D eigenvalue weighted by molar-refractivity contribution is -0.112. The van der Waals surface area contributed by atoms with Gasteiger partial charge in [-0.25, -0.2) is 4.79 Å². The van der Waals surface area contributed by atoms with E-state index in [1.165, 1.54) is 13.8 Å². The first-order chi connectivity index (χ1) is 5.52. The van der Waals surface area contributed by atoms with Crippen molar-refractivity contribution in [2.24, 2.45) is 9.98 Å². The summed E-state index contributed by atoms with van der Waals surface area (Å²) in [5.74, 6) is -0.843. The third kappa shape index (κ3) is 1.34. The third-order valence-corrected chi connectivity index (χ3v) is 1.31. The molecule has 0 atom stereocenters. The summed E-state index contributed by atoms with van der Waals surface area (Å²) in [7, 11) is 0. The van der Waals surface area contributed by atoms with E-state index < -0.39 is 17.6 Å². The lowest BCUT2D eigenvalue weighted by atomic mass is 10.1. The molecule has 0 N–H and O–H groups in total. The van der Waals surface area contributed by atoms with E-state index >= 15 is 0 Å². The molecule has 0 aromatic heterocycles. The number of hydrogen-bond acceptors (Lipinski definition) is 3. The highest BCUT2D eigenvalue weighted by Crippen LogP contribution is 2.01. The Kier molecular flexibility index (Phi) is 1.95. The number of aliphatic imine (C=N–C) groups is 2. The first kappa shape index (κ1) is 8.45. The SMILES string of the molecule is CC(=O)C1=NC(=O)N=C1C(C)=O. The van der Waals surface area contributed by atoms with Crippen LogP contribution in [-0.2, 0) is 9.59 Å². The molecule has 0 saturated heterocycles. The summed E-state index contributed by atoms with van der Waals surface area (Å²) in [4.78, 5) is 38.8. The number of amides is 2. The first-order valence-corrected chi connectivity index (χ1v) is 3.26. The lowest BCUT2D eigenvalue weighted by Gasteiger charge is -1.93. The average Bonchev–Trinajstić information content (AvgIpc) is 2.31. The molecule has 0 unspecified atom stereocenters. The van der Waals surface area contributed by atoms with E-state index in [0.717, 1.165) is 0 Å². The molecule has 5 nitrogen and oxygen atoms in total. The predicted molar refractivity (Wildman–Crippen MR) is 41.6 cm³/mol. The van der Waals surface area contributed by atoms with Gasteiger partial charge in [-0.15, -0.1) is 0 Å². The summed E-state index contributed by atoms with van der Waals surface area (Å²) in [6.45, 7) is 2.46. The monoisotopic (exact) mass is 166 g/mol. The Morgan fingerprint density at radius 1 is 1.00 bits per heavy atom. The molecule has 0 aromatic rings. The summed E-state index contributed by atoms with van der Waals surface area (Å²) < 4.78 is 0. The summed E-state index contributed by atoms with van der Waals surface area (Å²) >= 11 is 0. The van der Waals surface area contributed by atoms with Crippen molar-refractivity contribution in [1.82, 2.24) is 0 Å². The summed E-state index contributed by atoms with van der Waals surface area (Å²) in [5, 5.41) is 0. The van der Waals surface area contributed by atoms with Crippen molar-refractivity contribution in [3.63, 3.8) is 0 Å². The minimum atomic E-state index is -0.787. The number of hydrogen-bond donors (Lipinski definition) is 0. The third-order valence-electron chi connectivity index (χ3n) is 1.31. The molecule has 1 aliphatic rings. The maximum atomic E-state index is 10.8. The molecule has 2 amide bonds. The topological polar surface area (TPSA) is 75.9 Å². The Morgan fingerprint density at radius 3 is 1.58 bits per heavy atom. The zero-order valence-electron chi connectivity index (χ0n) is 6.62. The van der Waals surface area contributed by atoms with Gasteiger partial charge in [0.2, 0.25) is 0 Å². The van der Waals surface area contributed by atoms with Gasteiger partial charge in [0.15, 0.2) is 11.6 Å². The van der Waals surface area contributed by atoms with Crippen LogP contribution in [0.5, 0.6) is 0 Å². The highest BCUT2D eigenvalue weighted by Gasteiger charge is 2.25. The van der Waals surface area contributed by atoms with Crippen LogP contribution in [0.1, 0.15) is 13.8 Å². The fourth-order valence-corrected chi connectivity index (χ4v) is 0.813. The molecule has 0 fully saturated rings. The number of Topliss-reactive ketones (excluding diaryl/α,β-unsaturated/α-hetero) is 2. The Balaban J connectivity index is 3.11. The van der Waals surface area contributed by atoms with Crippen molar-refractivity contribution in [3.05, 3.63) is 0 Å². The normalized spacial score (nSPS) is 15.7. The fraction of sp³-hybridized carbons (Fsp3) is 0.286. The number of urea groups is 1. The van der Waals surface area contributed by atoms with Crippen LogP contribution >= 0.6 is 0 Å². The van der Waals surface area contributed by atoms with E-state index in [1.54, 1.807) is 0 Å². The van der Waals surface area contributed by atoms with Crippen LogP contribution in [-0.4, -0.2) is 29.0 Å². The predicted octanol–water partition coefficient (Wildman–Crippen LogP) is 0.180. The molecule has 0 radical (unpaired) electrons. The van der Waals surface area contributed by atoms with Crippen LogP contribution in [0.2, 0.25) is 0 Å². The summed E-state index contributed by atoms with van der Waals surface area (Å²) in [5.41, 5.74) is -0.264. The maximum absolute atomic E-state index is 10.8. The Labute approximate surface area is 68.2 Å². The van der Waals surface area contributed by atoms with Gasteiger partial charge in [-0.05, 0) is 0 Å². The molecular formula is C7H6N2O3. The molecule has 0 spiro atoms. The van der Waals surface area contributed by atoms with Gasteiger partial charge in [0, 0.05) is 13.8 Å². The van der Waals surface area contributed by atoms with E-state index in [-0.39, 0.29) is 11.4 Å². The molecule has 0 aromatic carbocycles. The number of rotatable bonds is 2. The minimum absolute atomic E-state index is 0.132. The zero-order chi connectivity index (χ0) is 9.30. The zero-order valence-corrected chi connectivity index (χ0v) is 6.62. The van der Waals surface area contributed by atoms with Crippen molar-refractivity contribution >= 4 is 29.0 Å². The van der Waals surface area contributed by atoms with E-state index in [1.807, 2.05) is 0 Å². The first-order valence-electron chi connectivity index (χ1n) is 3.26. The van der Waals surface area contributed by atoms with Crippen molar-refractivity contribution in [2.75, 3.05) is 0 Å². The van der Waals surface area contributed by atoms with Crippen LogP contribution in [0.15, 0.2) is 9.98 Å². The fourth-order valence-electron chi connectivity index (χ4n) is 0.813. The van der Waals surface area contributed by atoms with Crippen LogP contribution in [0.3, 0.4) is 0 Å². The number of carbonyl (C=O) groups is 3. The number of ketones is 2. The van der Waals surface area contributed by atoms with E-state index in [0.29, 0.717) is 0 Å². The molecular weight excluding hydrogens is 160 g/mol. The Hall–Kier alpha value is -1.65. The molecule has 5 heteroatoms. The van der Waals surface area contributed by atoms with Gasteiger partial charge in [-0.3, -0.25) is 9.59 Å². The van der Waals surface area contributed by atoms with Gasteiger partial charge in [-0.2, -0.15) is 9.98 Å². The molecule has 0 aliphatic carbocycles. The minimum Gasteiger partial charge on any atom is -0.293 e. The molecule has 1 heterocycles. The summed E-state index contributed by atoms with van der Waals surface area (Å²) in [6, 6.07) is -0.787. The Morgan fingerprint density at radius 2 is 1.33 bits per heavy atom. The second-order valence-electron chi connectivity index (χ2n) is 2.32. The molecule has 12 heavy (non-hydrogen) atoms. The maximum Gasteiger partial charge on any atom is 0.368 e. The largest absolute Gasteiger partial charge is 0.368 e. The molecule has 0 bridgehead atoms. The standard InChI is InChI=1S/C7H6N2O3/c1-3(10)5-6(4(2)11)9-7(12)8-5/h1-2H3. The van der Waals surface area contributed by atoms with Crippen LogP contribution in [0, 0.1) is 0 Å².